The molecule has 0 spiro atoms. The Morgan fingerprint density at radius 3 is 2.64 bits per heavy atom. The Labute approximate surface area is 84.9 Å². The Morgan fingerprint density at radius 1 is 1.43 bits per heavy atom. The highest BCUT2D eigenvalue weighted by molar-refractivity contribution is 5.95. The molecule has 14 heavy (non-hydrogen) atoms. The monoisotopic (exact) mass is 192 g/mol. The van der Waals surface area contributed by atoms with Crippen molar-refractivity contribution in [2.24, 2.45) is 0 Å². The maximum Gasteiger partial charge on any atom is 0.160 e. The van der Waals surface area contributed by atoms with Crippen molar-refractivity contribution in [1.29, 1.82) is 0 Å². The van der Waals surface area contributed by atoms with E-state index in [4.69, 9.17) is 4.74 Å². The number of rotatable bonds is 4. The van der Waals surface area contributed by atoms with Crippen molar-refractivity contribution >= 4 is 5.78 Å². The van der Waals surface area contributed by atoms with E-state index < -0.39 is 0 Å². The smallest absolute Gasteiger partial charge is 0.160 e. The fourth-order valence-corrected chi connectivity index (χ4v) is 1.34. The van der Waals surface area contributed by atoms with Crippen LogP contribution in [0.2, 0.25) is 0 Å². The maximum absolute atomic E-state index is 11.2. The first-order valence-corrected chi connectivity index (χ1v) is 4.89. The first-order valence-electron chi connectivity index (χ1n) is 4.89. The van der Waals surface area contributed by atoms with Gasteiger partial charge in [-0.3, -0.25) is 4.79 Å². The van der Waals surface area contributed by atoms with E-state index in [1.165, 1.54) is 0 Å². The zero-order valence-corrected chi connectivity index (χ0v) is 8.96. The molecule has 0 unspecified atom stereocenters. The summed E-state index contributed by atoms with van der Waals surface area (Å²) < 4.78 is 5.46. The molecule has 0 aliphatic heterocycles. The number of benzene rings is 1. The SMILES string of the molecule is CCCOc1ccc(C(C)=O)c(C)c1. The van der Waals surface area contributed by atoms with E-state index >= 15 is 0 Å². The molecular weight excluding hydrogens is 176 g/mol. The van der Waals surface area contributed by atoms with E-state index in [1.54, 1.807) is 6.92 Å². The Balaban J connectivity index is 2.83. The Kier molecular flexibility index (Phi) is 3.69. The van der Waals surface area contributed by atoms with Crippen LogP contribution in [0.5, 0.6) is 5.75 Å². The van der Waals surface area contributed by atoms with Crippen molar-refractivity contribution < 1.29 is 9.53 Å². The second-order valence-corrected chi connectivity index (χ2v) is 3.38. The van der Waals surface area contributed by atoms with Gasteiger partial charge in [-0.25, -0.2) is 0 Å². The predicted octanol–water partition coefficient (Wildman–Crippen LogP) is 2.99. The van der Waals surface area contributed by atoms with E-state index in [0.29, 0.717) is 0 Å². The molecule has 0 fully saturated rings. The van der Waals surface area contributed by atoms with Crippen LogP contribution < -0.4 is 4.74 Å². The van der Waals surface area contributed by atoms with Crippen LogP contribution in [0, 0.1) is 6.92 Å². The van der Waals surface area contributed by atoms with Gasteiger partial charge >= 0.3 is 0 Å². The summed E-state index contributed by atoms with van der Waals surface area (Å²) in [5.74, 6) is 0.943. The third-order valence-corrected chi connectivity index (χ3v) is 2.05. The number of hydrogen-bond acceptors (Lipinski definition) is 2. The summed E-state index contributed by atoms with van der Waals surface area (Å²) in [5, 5.41) is 0. The van der Waals surface area contributed by atoms with Crippen molar-refractivity contribution in [2.75, 3.05) is 6.61 Å². The Morgan fingerprint density at radius 2 is 2.14 bits per heavy atom. The lowest BCUT2D eigenvalue weighted by molar-refractivity contribution is 0.101. The molecule has 0 N–H and O–H groups in total. The number of ether oxygens (including phenoxy) is 1. The van der Waals surface area contributed by atoms with Gasteiger partial charge in [0.05, 0.1) is 6.61 Å². The summed E-state index contributed by atoms with van der Waals surface area (Å²) in [4.78, 5) is 11.2. The molecule has 0 amide bonds. The van der Waals surface area contributed by atoms with E-state index in [-0.39, 0.29) is 5.78 Å². The fraction of sp³-hybridized carbons (Fsp3) is 0.417. The fourth-order valence-electron chi connectivity index (χ4n) is 1.34. The summed E-state index contributed by atoms with van der Waals surface area (Å²) in [6.07, 6.45) is 0.994. The van der Waals surface area contributed by atoms with Gasteiger partial charge in [0, 0.05) is 5.56 Å². The average Bonchev–Trinajstić information content (AvgIpc) is 2.14. The van der Waals surface area contributed by atoms with Gasteiger partial charge in [-0.05, 0) is 44.0 Å². The summed E-state index contributed by atoms with van der Waals surface area (Å²) in [6.45, 7) is 6.29. The van der Waals surface area contributed by atoms with Gasteiger partial charge < -0.3 is 4.74 Å². The molecule has 0 radical (unpaired) electrons. The van der Waals surface area contributed by atoms with Crippen molar-refractivity contribution in [2.45, 2.75) is 27.2 Å². The number of Topliss-reactive ketones (excluding diaryl/α,β-unsaturated/α-hetero) is 1. The molecule has 76 valence electrons. The standard InChI is InChI=1S/C12H16O2/c1-4-7-14-11-5-6-12(10(3)13)9(2)8-11/h5-6,8H,4,7H2,1-3H3. The van der Waals surface area contributed by atoms with Crippen LogP contribution in [0.15, 0.2) is 18.2 Å². The number of carbonyl (C=O) groups excluding carboxylic acids is 1. The van der Waals surface area contributed by atoms with Crippen LogP contribution in [0.4, 0.5) is 0 Å². The van der Waals surface area contributed by atoms with E-state index in [2.05, 4.69) is 6.92 Å². The minimum atomic E-state index is 0.101. The minimum absolute atomic E-state index is 0.101. The lowest BCUT2D eigenvalue weighted by atomic mass is 10.1. The first kappa shape index (κ1) is 10.8. The van der Waals surface area contributed by atoms with E-state index in [9.17, 15) is 4.79 Å². The topological polar surface area (TPSA) is 26.3 Å². The van der Waals surface area contributed by atoms with Gasteiger partial charge in [-0.1, -0.05) is 6.92 Å². The number of aryl methyl sites for hydroxylation is 1. The highest BCUT2D eigenvalue weighted by Crippen LogP contribution is 2.17. The average molecular weight is 192 g/mol. The van der Waals surface area contributed by atoms with Gasteiger partial charge in [-0.2, -0.15) is 0 Å². The normalized spacial score (nSPS) is 9.93. The van der Waals surface area contributed by atoms with E-state index in [0.717, 1.165) is 29.9 Å². The Hall–Kier alpha value is -1.31. The summed E-state index contributed by atoms with van der Waals surface area (Å²) in [6, 6.07) is 5.58. The lowest BCUT2D eigenvalue weighted by Crippen LogP contribution is -1.99. The van der Waals surface area contributed by atoms with Crippen molar-refractivity contribution in [1.82, 2.24) is 0 Å². The molecule has 0 atom stereocenters. The maximum atomic E-state index is 11.2. The summed E-state index contributed by atoms with van der Waals surface area (Å²) >= 11 is 0. The quantitative estimate of drug-likeness (QED) is 0.685. The van der Waals surface area contributed by atoms with Crippen molar-refractivity contribution in [3.63, 3.8) is 0 Å². The first-order chi connectivity index (χ1) is 6.65. The van der Waals surface area contributed by atoms with Crippen LogP contribution in [0.25, 0.3) is 0 Å². The largest absolute Gasteiger partial charge is 0.494 e. The molecule has 1 aromatic carbocycles. The highest BCUT2D eigenvalue weighted by Gasteiger charge is 2.04. The van der Waals surface area contributed by atoms with Crippen LogP contribution in [-0.4, -0.2) is 12.4 Å². The molecular formula is C12H16O2. The molecule has 0 heterocycles. The van der Waals surface area contributed by atoms with Crippen LogP contribution in [0.3, 0.4) is 0 Å². The molecule has 1 rings (SSSR count). The predicted molar refractivity (Wildman–Crippen MR) is 57.0 cm³/mol. The molecule has 0 bridgehead atoms. The molecule has 2 heteroatoms. The van der Waals surface area contributed by atoms with Gasteiger partial charge in [0.1, 0.15) is 5.75 Å². The van der Waals surface area contributed by atoms with Gasteiger partial charge in [0.25, 0.3) is 0 Å². The van der Waals surface area contributed by atoms with Crippen molar-refractivity contribution in [3.8, 4) is 5.75 Å². The van der Waals surface area contributed by atoms with E-state index in [1.807, 2.05) is 25.1 Å². The van der Waals surface area contributed by atoms with Gasteiger partial charge in [-0.15, -0.1) is 0 Å². The zero-order valence-electron chi connectivity index (χ0n) is 8.96. The summed E-state index contributed by atoms with van der Waals surface area (Å²) in [7, 11) is 0. The molecule has 1 aromatic rings. The van der Waals surface area contributed by atoms with Crippen LogP contribution in [-0.2, 0) is 0 Å². The van der Waals surface area contributed by atoms with Crippen LogP contribution in [0.1, 0.15) is 36.2 Å². The molecule has 0 saturated heterocycles. The number of ketones is 1. The second kappa shape index (κ2) is 4.80. The highest BCUT2D eigenvalue weighted by atomic mass is 16.5. The molecule has 0 aliphatic rings. The third-order valence-electron chi connectivity index (χ3n) is 2.05. The third kappa shape index (κ3) is 2.59. The van der Waals surface area contributed by atoms with Crippen LogP contribution >= 0.6 is 0 Å². The summed E-state index contributed by atoms with van der Waals surface area (Å²) in [5.41, 5.74) is 1.75. The molecule has 2 nitrogen and oxygen atoms in total. The second-order valence-electron chi connectivity index (χ2n) is 3.38. The minimum Gasteiger partial charge on any atom is -0.494 e. The zero-order chi connectivity index (χ0) is 10.6. The number of hydrogen-bond donors (Lipinski definition) is 0. The molecule has 0 aliphatic carbocycles. The lowest BCUT2D eigenvalue weighted by Gasteiger charge is -2.07. The molecule has 0 saturated carbocycles. The Bertz CT molecular complexity index is 329. The molecule has 0 aromatic heterocycles. The van der Waals surface area contributed by atoms with Gasteiger partial charge in [0.2, 0.25) is 0 Å². The van der Waals surface area contributed by atoms with Crippen molar-refractivity contribution in [3.05, 3.63) is 29.3 Å². The van der Waals surface area contributed by atoms with Gasteiger partial charge in [0.15, 0.2) is 5.78 Å². The number of carbonyl (C=O) groups is 1.